The maximum Gasteiger partial charge on any atom is 0.205 e. The normalized spacial score (nSPS) is 16.3. The van der Waals surface area contributed by atoms with E-state index in [0.29, 0.717) is 5.13 Å². The number of rotatable bonds is 4. The van der Waals surface area contributed by atoms with Gasteiger partial charge in [-0.3, -0.25) is 4.90 Å². The number of anilines is 2. The van der Waals surface area contributed by atoms with E-state index in [-0.39, 0.29) is 12.4 Å². The Balaban J connectivity index is 0.00000176. The molecule has 3 heterocycles. The standard InChI is InChI=1S/C13H20N6S2.ClH/c1-2-11-16-13(21-17-11)19-5-3-4-18(6-7-19)9-10-8-15-12(14)20-10;/h8H,2-7,9H2,1H3,(H2,14,15);1H. The van der Waals surface area contributed by atoms with Crippen molar-refractivity contribution in [2.24, 2.45) is 0 Å². The van der Waals surface area contributed by atoms with E-state index in [1.165, 1.54) is 16.4 Å². The summed E-state index contributed by atoms with van der Waals surface area (Å²) in [5.74, 6) is 0.955. The average Bonchev–Trinajstić information content (AvgIpc) is 3.05. The summed E-state index contributed by atoms with van der Waals surface area (Å²) in [5.41, 5.74) is 5.69. The molecule has 0 radical (unpaired) electrons. The number of hydrogen-bond acceptors (Lipinski definition) is 8. The molecule has 0 amide bonds. The van der Waals surface area contributed by atoms with E-state index in [4.69, 9.17) is 5.73 Å². The van der Waals surface area contributed by atoms with Gasteiger partial charge in [-0.1, -0.05) is 6.92 Å². The highest BCUT2D eigenvalue weighted by Crippen LogP contribution is 2.21. The molecular weight excluding hydrogens is 340 g/mol. The van der Waals surface area contributed by atoms with E-state index >= 15 is 0 Å². The minimum Gasteiger partial charge on any atom is -0.375 e. The fourth-order valence-corrected chi connectivity index (χ4v) is 3.98. The lowest BCUT2D eigenvalue weighted by molar-refractivity contribution is 0.288. The van der Waals surface area contributed by atoms with Crippen LogP contribution >= 0.6 is 35.3 Å². The van der Waals surface area contributed by atoms with Gasteiger partial charge in [-0.15, -0.1) is 23.7 Å². The molecule has 2 aromatic heterocycles. The molecule has 0 saturated carbocycles. The third-order valence-electron chi connectivity index (χ3n) is 3.58. The summed E-state index contributed by atoms with van der Waals surface area (Å²) in [6.45, 7) is 7.24. The number of hydrogen-bond donors (Lipinski definition) is 1. The van der Waals surface area contributed by atoms with E-state index in [1.54, 1.807) is 11.3 Å². The average molecular weight is 361 g/mol. The number of thiazole rings is 1. The van der Waals surface area contributed by atoms with E-state index in [1.807, 2.05) is 6.20 Å². The third kappa shape index (κ3) is 4.28. The number of nitrogens with two attached hydrogens (primary N) is 1. The van der Waals surface area contributed by atoms with Crippen LogP contribution < -0.4 is 10.6 Å². The molecule has 6 nitrogen and oxygen atoms in total. The first-order valence-electron chi connectivity index (χ1n) is 7.24. The first kappa shape index (κ1) is 17.4. The molecule has 1 saturated heterocycles. The van der Waals surface area contributed by atoms with Crippen molar-refractivity contribution in [3.05, 3.63) is 16.9 Å². The van der Waals surface area contributed by atoms with Crippen molar-refractivity contribution >= 4 is 45.5 Å². The Morgan fingerprint density at radius 3 is 2.82 bits per heavy atom. The van der Waals surface area contributed by atoms with Crippen molar-refractivity contribution in [1.29, 1.82) is 0 Å². The summed E-state index contributed by atoms with van der Waals surface area (Å²) >= 11 is 3.10. The molecule has 0 spiro atoms. The van der Waals surface area contributed by atoms with Gasteiger partial charge in [0.25, 0.3) is 0 Å². The van der Waals surface area contributed by atoms with Crippen LogP contribution in [0.25, 0.3) is 0 Å². The molecule has 3 rings (SSSR count). The number of nitrogen functional groups attached to an aromatic ring is 1. The van der Waals surface area contributed by atoms with Gasteiger partial charge < -0.3 is 10.6 Å². The maximum absolute atomic E-state index is 5.69. The highest BCUT2D eigenvalue weighted by atomic mass is 35.5. The van der Waals surface area contributed by atoms with Crippen LogP contribution in [0.4, 0.5) is 10.3 Å². The lowest BCUT2D eigenvalue weighted by Gasteiger charge is -2.20. The van der Waals surface area contributed by atoms with Gasteiger partial charge in [0.05, 0.1) is 0 Å². The molecule has 22 heavy (non-hydrogen) atoms. The Morgan fingerprint density at radius 1 is 1.27 bits per heavy atom. The van der Waals surface area contributed by atoms with Gasteiger partial charge in [-0.05, 0) is 6.42 Å². The van der Waals surface area contributed by atoms with Gasteiger partial charge in [-0.2, -0.15) is 4.37 Å². The summed E-state index contributed by atoms with van der Waals surface area (Å²) < 4.78 is 4.38. The van der Waals surface area contributed by atoms with Crippen molar-refractivity contribution in [2.75, 3.05) is 36.8 Å². The summed E-state index contributed by atoms with van der Waals surface area (Å²) in [6.07, 6.45) is 3.94. The van der Waals surface area contributed by atoms with Gasteiger partial charge in [0.1, 0.15) is 5.82 Å². The number of aryl methyl sites for hydroxylation is 1. The quantitative estimate of drug-likeness (QED) is 0.901. The second-order valence-electron chi connectivity index (χ2n) is 5.13. The summed E-state index contributed by atoms with van der Waals surface area (Å²) in [5, 5.41) is 1.72. The van der Waals surface area contributed by atoms with Crippen LogP contribution in [0.2, 0.25) is 0 Å². The van der Waals surface area contributed by atoms with Gasteiger partial charge in [-0.25, -0.2) is 9.97 Å². The Kier molecular flexibility index (Phi) is 6.37. The van der Waals surface area contributed by atoms with Crippen LogP contribution in [-0.4, -0.2) is 45.4 Å². The lowest BCUT2D eigenvalue weighted by atomic mass is 10.4. The Morgan fingerprint density at radius 2 is 2.14 bits per heavy atom. The zero-order valence-electron chi connectivity index (χ0n) is 12.6. The first-order chi connectivity index (χ1) is 10.2. The minimum atomic E-state index is 0. The van der Waals surface area contributed by atoms with Gasteiger partial charge in [0, 0.05) is 61.8 Å². The molecule has 2 aromatic rings. The SMILES string of the molecule is CCc1nsc(N2CCCN(Cc3cnc(N)s3)CC2)n1.Cl. The third-order valence-corrected chi connectivity index (χ3v) is 5.21. The molecule has 1 fully saturated rings. The summed E-state index contributed by atoms with van der Waals surface area (Å²) in [6, 6.07) is 0. The molecule has 0 bridgehead atoms. The molecule has 9 heteroatoms. The van der Waals surface area contributed by atoms with Crippen LogP contribution in [0, 0.1) is 0 Å². The van der Waals surface area contributed by atoms with Crippen LogP contribution in [-0.2, 0) is 13.0 Å². The highest BCUT2D eigenvalue weighted by Gasteiger charge is 2.18. The molecule has 0 unspecified atom stereocenters. The van der Waals surface area contributed by atoms with Gasteiger partial charge >= 0.3 is 0 Å². The summed E-state index contributed by atoms with van der Waals surface area (Å²) in [4.78, 5) is 14.8. The van der Waals surface area contributed by atoms with Crippen molar-refractivity contribution in [2.45, 2.75) is 26.3 Å². The number of aromatic nitrogens is 3. The Hall–Kier alpha value is -0.960. The van der Waals surface area contributed by atoms with Gasteiger partial charge in [0.2, 0.25) is 5.13 Å². The van der Waals surface area contributed by atoms with Crippen LogP contribution in [0.3, 0.4) is 0 Å². The molecule has 2 N–H and O–H groups in total. The van der Waals surface area contributed by atoms with Crippen LogP contribution in [0.15, 0.2) is 6.20 Å². The van der Waals surface area contributed by atoms with Crippen LogP contribution in [0.5, 0.6) is 0 Å². The topological polar surface area (TPSA) is 71.2 Å². The Bertz CT molecular complexity index is 587. The predicted octanol–water partition coefficient (Wildman–Crippen LogP) is 2.27. The lowest BCUT2D eigenvalue weighted by Crippen LogP contribution is -2.30. The van der Waals surface area contributed by atoms with Gasteiger partial charge in [0.15, 0.2) is 5.13 Å². The number of halogens is 1. The fourth-order valence-electron chi connectivity index (χ4n) is 2.45. The second-order valence-corrected chi connectivity index (χ2v) is 7.01. The minimum absolute atomic E-state index is 0. The fraction of sp³-hybridized carbons (Fsp3) is 0.615. The van der Waals surface area contributed by atoms with E-state index in [9.17, 15) is 0 Å². The van der Waals surface area contributed by atoms with E-state index < -0.39 is 0 Å². The highest BCUT2D eigenvalue weighted by molar-refractivity contribution is 7.15. The molecule has 0 atom stereocenters. The molecule has 122 valence electrons. The second kappa shape index (κ2) is 8.05. The van der Waals surface area contributed by atoms with E-state index in [2.05, 4.69) is 31.1 Å². The zero-order chi connectivity index (χ0) is 14.7. The zero-order valence-corrected chi connectivity index (χ0v) is 15.0. The predicted molar refractivity (Wildman–Crippen MR) is 95.2 cm³/mol. The van der Waals surface area contributed by atoms with E-state index in [0.717, 1.165) is 56.5 Å². The van der Waals surface area contributed by atoms with Crippen molar-refractivity contribution < 1.29 is 0 Å². The molecule has 1 aliphatic heterocycles. The molecule has 0 aliphatic carbocycles. The maximum atomic E-state index is 5.69. The molecular formula is C13H21ClN6S2. The van der Waals surface area contributed by atoms with Crippen LogP contribution in [0.1, 0.15) is 24.0 Å². The number of nitrogens with zero attached hydrogens (tertiary/aromatic N) is 5. The molecule has 1 aliphatic rings. The van der Waals surface area contributed by atoms with Crippen molar-refractivity contribution in [1.82, 2.24) is 19.2 Å². The smallest absolute Gasteiger partial charge is 0.205 e. The largest absolute Gasteiger partial charge is 0.375 e. The molecule has 0 aromatic carbocycles. The Labute approximate surface area is 144 Å². The summed E-state index contributed by atoms with van der Waals surface area (Å²) in [7, 11) is 0. The first-order valence-corrected chi connectivity index (χ1v) is 8.83. The monoisotopic (exact) mass is 360 g/mol. The van der Waals surface area contributed by atoms with Crippen molar-refractivity contribution in [3.63, 3.8) is 0 Å². The van der Waals surface area contributed by atoms with Crippen molar-refractivity contribution in [3.8, 4) is 0 Å².